The summed E-state index contributed by atoms with van der Waals surface area (Å²) >= 11 is 0. The van der Waals surface area contributed by atoms with Crippen LogP contribution in [0.25, 0.3) is 10.9 Å². The van der Waals surface area contributed by atoms with E-state index in [4.69, 9.17) is 15.2 Å². The maximum Gasteiger partial charge on any atom is 0.213 e. The largest absolute Gasteiger partial charge is 0.497 e. The Balaban J connectivity index is 2.38. The minimum Gasteiger partial charge on any atom is -0.497 e. The monoisotopic (exact) mass is 289 g/mol. The van der Waals surface area contributed by atoms with Crippen LogP contribution in [0.5, 0.6) is 11.6 Å². The van der Waals surface area contributed by atoms with Crippen LogP contribution in [0.3, 0.4) is 0 Å². The number of nitrogens with two attached hydrogens (primary N) is 1. The van der Waals surface area contributed by atoms with Gasteiger partial charge in [-0.3, -0.25) is 0 Å². The summed E-state index contributed by atoms with van der Waals surface area (Å²) in [5.74, 6) is 1.41. The second-order valence-corrected chi connectivity index (χ2v) is 5.08. The van der Waals surface area contributed by atoms with Gasteiger partial charge in [-0.05, 0) is 38.4 Å². The first-order valence-electron chi connectivity index (χ1n) is 7.17. The van der Waals surface area contributed by atoms with Crippen molar-refractivity contribution in [3.05, 3.63) is 24.3 Å². The van der Waals surface area contributed by atoms with Crippen molar-refractivity contribution >= 4 is 16.6 Å². The van der Waals surface area contributed by atoms with E-state index >= 15 is 0 Å². The molecule has 0 saturated carbocycles. The number of pyridine rings is 1. The van der Waals surface area contributed by atoms with Gasteiger partial charge in [0.1, 0.15) is 5.75 Å². The molecule has 21 heavy (non-hydrogen) atoms. The summed E-state index contributed by atoms with van der Waals surface area (Å²) in [5, 5.41) is 4.51. The Labute approximate surface area is 125 Å². The molecule has 0 aliphatic heterocycles. The molecule has 1 heterocycles. The molecular weight excluding hydrogens is 266 g/mol. The van der Waals surface area contributed by atoms with Crippen molar-refractivity contribution in [2.45, 2.75) is 25.8 Å². The molecular formula is C16H23N3O2. The summed E-state index contributed by atoms with van der Waals surface area (Å²) in [6.45, 7) is 2.85. The molecule has 0 aliphatic rings. The third-order valence-corrected chi connectivity index (χ3v) is 3.43. The molecule has 114 valence electrons. The van der Waals surface area contributed by atoms with E-state index in [0.717, 1.165) is 35.2 Å². The Morgan fingerprint density at radius 1 is 1.24 bits per heavy atom. The van der Waals surface area contributed by atoms with Crippen LogP contribution in [0.4, 0.5) is 5.69 Å². The van der Waals surface area contributed by atoms with Crippen molar-refractivity contribution in [1.82, 2.24) is 4.98 Å². The van der Waals surface area contributed by atoms with E-state index in [1.54, 1.807) is 14.2 Å². The summed E-state index contributed by atoms with van der Waals surface area (Å²) in [4.78, 5) is 4.54. The van der Waals surface area contributed by atoms with Crippen LogP contribution >= 0.6 is 0 Å². The second kappa shape index (κ2) is 7.13. The molecule has 0 bridgehead atoms. The van der Waals surface area contributed by atoms with Gasteiger partial charge in [0, 0.05) is 23.6 Å². The van der Waals surface area contributed by atoms with Gasteiger partial charge in [-0.15, -0.1) is 0 Å². The topological polar surface area (TPSA) is 69.4 Å². The summed E-state index contributed by atoms with van der Waals surface area (Å²) < 4.78 is 10.6. The molecule has 0 aliphatic carbocycles. The number of aromatic nitrogens is 1. The average Bonchev–Trinajstić information content (AvgIpc) is 2.52. The van der Waals surface area contributed by atoms with Gasteiger partial charge in [0.15, 0.2) is 0 Å². The van der Waals surface area contributed by atoms with Gasteiger partial charge in [0.05, 0.1) is 25.4 Å². The smallest absolute Gasteiger partial charge is 0.213 e. The van der Waals surface area contributed by atoms with Crippen molar-refractivity contribution in [1.29, 1.82) is 0 Å². The Morgan fingerprint density at radius 3 is 2.71 bits per heavy atom. The molecule has 0 radical (unpaired) electrons. The SMILES string of the molecule is COc1cc(NC(C)CCCN)c2nc(OC)ccc2c1. The third kappa shape index (κ3) is 3.76. The van der Waals surface area contributed by atoms with E-state index in [0.29, 0.717) is 18.5 Å². The Bertz CT molecular complexity index is 601. The molecule has 0 fully saturated rings. The van der Waals surface area contributed by atoms with E-state index in [9.17, 15) is 0 Å². The van der Waals surface area contributed by atoms with Crippen molar-refractivity contribution in [2.75, 3.05) is 26.1 Å². The zero-order valence-electron chi connectivity index (χ0n) is 12.8. The van der Waals surface area contributed by atoms with Crippen molar-refractivity contribution in [3.8, 4) is 11.6 Å². The van der Waals surface area contributed by atoms with E-state index in [2.05, 4.69) is 17.2 Å². The van der Waals surface area contributed by atoms with Gasteiger partial charge in [0.2, 0.25) is 5.88 Å². The highest BCUT2D eigenvalue weighted by Gasteiger charge is 2.10. The quantitative estimate of drug-likeness (QED) is 0.820. The normalized spacial score (nSPS) is 12.2. The number of nitrogens with one attached hydrogen (secondary N) is 1. The molecule has 1 unspecified atom stereocenters. The molecule has 3 N–H and O–H groups in total. The van der Waals surface area contributed by atoms with Crippen LogP contribution in [-0.2, 0) is 0 Å². The fraction of sp³-hybridized carbons (Fsp3) is 0.438. The highest BCUT2D eigenvalue weighted by atomic mass is 16.5. The molecule has 1 aromatic heterocycles. The lowest BCUT2D eigenvalue weighted by Crippen LogP contribution is -2.17. The van der Waals surface area contributed by atoms with E-state index in [1.165, 1.54) is 0 Å². The highest BCUT2D eigenvalue weighted by Crippen LogP contribution is 2.30. The van der Waals surface area contributed by atoms with E-state index < -0.39 is 0 Å². The minimum atomic E-state index is 0.317. The van der Waals surface area contributed by atoms with Crippen LogP contribution in [0.2, 0.25) is 0 Å². The first kappa shape index (κ1) is 15.4. The number of nitrogens with zero attached hydrogens (tertiary/aromatic N) is 1. The predicted molar refractivity (Wildman–Crippen MR) is 86.2 cm³/mol. The van der Waals surface area contributed by atoms with Crippen LogP contribution in [0, 0.1) is 0 Å². The first-order valence-corrected chi connectivity index (χ1v) is 7.17. The lowest BCUT2D eigenvalue weighted by molar-refractivity contribution is 0.399. The van der Waals surface area contributed by atoms with Crippen LogP contribution in [0.1, 0.15) is 19.8 Å². The molecule has 0 spiro atoms. The molecule has 1 aromatic carbocycles. The van der Waals surface area contributed by atoms with Gasteiger partial charge in [-0.25, -0.2) is 4.98 Å². The van der Waals surface area contributed by atoms with Gasteiger partial charge in [-0.1, -0.05) is 0 Å². The van der Waals surface area contributed by atoms with Crippen molar-refractivity contribution in [3.63, 3.8) is 0 Å². The average molecular weight is 289 g/mol. The first-order chi connectivity index (χ1) is 10.2. The van der Waals surface area contributed by atoms with Gasteiger partial charge >= 0.3 is 0 Å². The molecule has 2 rings (SSSR count). The Hall–Kier alpha value is -2.01. The summed E-state index contributed by atoms with van der Waals surface area (Å²) in [7, 11) is 3.29. The lowest BCUT2D eigenvalue weighted by Gasteiger charge is -2.17. The number of anilines is 1. The summed E-state index contributed by atoms with van der Waals surface area (Å²) in [6, 6.07) is 8.09. The second-order valence-electron chi connectivity index (χ2n) is 5.08. The molecule has 5 heteroatoms. The zero-order chi connectivity index (χ0) is 15.2. The minimum absolute atomic E-state index is 0.317. The molecule has 5 nitrogen and oxygen atoms in total. The number of hydrogen-bond acceptors (Lipinski definition) is 5. The number of ether oxygens (including phenoxy) is 2. The van der Waals surface area contributed by atoms with Crippen LogP contribution in [-0.4, -0.2) is 31.8 Å². The van der Waals surface area contributed by atoms with Gasteiger partial charge < -0.3 is 20.5 Å². The molecule has 0 amide bonds. The lowest BCUT2D eigenvalue weighted by atomic mass is 10.1. The van der Waals surface area contributed by atoms with E-state index in [1.807, 2.05) is 24.3 Å². The number of rotatable bonds is 7. The zero-order valence-corrected chi connectivity index (χ0v) is 12.8. The predicted octanol–water partition coefficient (Wildman–Crippen LogP) is 2.79. The van der Waals surface area contributed by atoms with Gasteiger partial charge in [-0.2, -0.15) is 0 Å². The highest BCUT2D eigenvalue weighted by molar-refractivity contribution is 5.92. The number of benzene rings is 1. The summed E-state index contributed by atoms with van der Waals surface area (Å²) in [6.07, 6.45) is 2.01. The fourth-order valence-corrected chi connectivity index (χ4v) is 2.29. The van der Waals surface area contributed by atoms with Gasteiger partial charge in [0.25, 0.3) is 0 Å². The maximum absolute atomic E-state index is 5.57. The maximum atomic E-state index is 5.57. The Morgan fingerprint density at radius 2 is 2.05 bits per heavy atom. The summed E-state index contributed by atoms with van der Waals surface area (Å²) in [5.41, 5.74) is 7.40. The Kier molecular flexibility index (Phi) is 5.22. The standard InChI is InChI=1S/C16H23N3O2/c1-11(5-4-8-17)18-14-10-13(20-2)9-12-6-7-15(21-3)19-16(12)14/h6-7,9-11,18H,4-5,8,17H2,1-3H3. The van der Waals surface area contributed by atoms with Crippen molar-refractivity contribution < 1.29 is 9.47 Å². The molecule has 0 saturated heterocycles. The number of fused-ring (bicyclic) bond motifs is 1. The fourth-order valence-electron chi connectivity index (χ4n) is 2.29. The number of hydrogen-bond donors (Lipinski definition) is 2. The van der Waals surface area contributed by atoms with Crippen LogP contribution in [0.15, 0.2) is 24.3 Å². The van der Waals surface area contributed by atoms with E-state index in [-0.39, 0.29) is 0 Å². The van der Waals surface area contributed by atoms with Crippen molar-refractivity contribution in [2.24, 2.45) is 5.73 Å². The molecule has 1 atom stereocenters. The third-order valence-electron chi connectivity index (χ3n) is 3.43. The molecule has 2 aromatic rings. The van der Waals surface area contributed by atoms with Crippen LogP contribution < -0.4 is 20.5 Å². The number of methoxy groups -OCH3 is 2.